The highest BCUT2D eigenvalue weighted by Crippen LogP contribution is 2.10. The van der Waals surface area contributed by atoms with Gasteiger partial charge in [0, 0.05) is 13.2 Å². The molecule has 1 fully saturated rings. The second kappa shape index (κ2) is 7.24. The lowest BCUT2D eigenvalue weighted by Crippen LogP contribution is -2.32. The van der Waals surface area contributed by atoms with Gasteiger partial charge in [-0.1, -0.05) is 13.8 Å². The molecule has 0 aliphatic carbocycles. The number of ether oxygens (including phenoxy) is 1. The summed E-state index contributed by atoms with van der Waals surface area (Å²) in [4.78, 5) is 0. The van der Waals surface area contributed by atoms with E-state index in [0.29, 0.717) is 0 Å². The summed E-state index contributed by atoms with van der Waals surface area (Å²) in [6.07, 6.45) is 5.18. The molecule has 0 amide bonds. The van der Waals surface area contributed by atoms with Crippen LogP contribution in [-0.4, -0.2) is 26.3 Å². The number of hydrogen-bond donors (Lipinski definition) is 1. The fourth-order valence-electron chi connectivity index (χ4n) is 1.91. The Morgan fingerprint density at radius 1 is 1.43 bits per heavy atom. The smallest absolute Gasteiger partial charge is 0.0506 e. The Morgan fingerprint density at radius 3 is 2.93 bits per heavy atom. The van der Waals surface area contributed by atoms with Crippen LogP contribution in [0.4, 0.5) is 0 Å². The van der Waals surface area contributed by atoms with Gasteiger partial charge in [-0.3, -0.25) is 0 Å². The zero-order valence-electron chi connectivity index (χ0n) is 9.72. The molecule has 2 nitrogen and oxygen atoms in total. The minimum atomic E-state index is 0.766. The van der Waals surface area contributed by atoms with E-state index in [9.17, 15) is 0 Å². The Bertz CT molecular complexity index is 130. The van der Waals surface area contributed by atoms with Gasteiger partial charge in [0.05, 0.1) is 6.61 Å². The van der Waals surface area contributed by atoms with Gasteiger partial charge in [-0.2, -0.15) is 0 Å². The second-order valence-electron chi connectivity index (χ2n) is 4.82. The van der Waals surface area contributed by atoms with E-state index in [0.717, 1.165) is 31.6 Å². The van der Waals surface area contributed by atoms with Crippen molar-refractivity contribution < 1.29 is 4.74 Å². The summed E-state index contributed by atoms with van der Waals surface area (Å²) in [6.45, 7) is 8.81. The standard InChI is InChI=1S/C12H25NO/c1-11(2)5-4-8-14-10-12-6-3-7-13-9-12/h11-13H,3-10H2,1-2H3. The first-order chi connectivity index (χ1) is 6.79. The van der Waals surface area contributed by atoms with Crippen molar-refractivity contribution in [3.8, 4) is 0 Å². The Morgan fingerprint density at radius 2 is 2.29 bits per heavy atom. The maximum atomic E-state index is 5.68. The molecule has 1 heterocycles. The predicted octanol–water partition coefficient (Wildman–Crippen LogP) is 2.44. The minimum absolute atomic E-state index is 0.766. The van der Waals surface area contributed by atoms with Crippen LogP contribution in [0.3, 0.4) is 0 Å². The highest BCUT2D eigenvalue weighted by molar-refractivity contribution is 4.68. The lowest BCUT2D eigenvalue weighted by atomic mass is 10.0. The molecule has 1 atom stereocenters. The molecule has 0 spiro atoms. The summed E-state index contributed by atoms with van der Waals surface area (Å²) >= 11 is 0. The van der Waals surface area contributed by atoms with E-state index in [1.807, 2.05) is 0 Å². The molecular weight excluding hydrogens is 174 g/mol. The van der Waals surface area contributed by atoms with Crippen LogP contribution < -0.4 is 5.32 Å². The van der Waals surface area contributed by atoms with Crippen LogP contribution in [0.1, 0.15) is 39.5 Å². The molecule has 1 aliphatic heterocycles. The SMILES string of the molecule is CC(C)CCCOCC1CCCNC1. The van der Waals surface area contributed by atoms with Crippen LogP contribution in [0, 0.1) is 11.8 Å². The van der Waals surface area contributed by atoms with E-state index in [1.165, 1.54) is 32.2 Å². The average molecular weight is 199 g/mol. The summed E-state index contributed by atoms with van der Waals surface area (Å²) in [7, 11) is 0. The van der Waals surface area contributed by atoms with Gasteiger partial charge in [0.25, 0.3) is 0 Å². The van der Waals surface area contributed by atoms with Crippen LogP contribution in [0.5, 0.6) is 0 Å². The van der Waals surface area contributed by atoms with Crippen molar-refractivity contribution in [3.05, 3.63) is 0 Å². The molecule has 2 heteroatoms. The third kappa shape index (κ3) is 5.61. The van der Waals surface area contributed by atoms with Gasteiger partial charge >= 0.3 is 0 Å². The zero-order chi connectivity index (χ0) is 10.2. The van der Waals surface area contributed by atoms with E-state index >= 15 is 0 Å². The summed E-state index contributed by atoms with van der Waals surface area (Å²) < 4.78 is 5.68. The van der Waals surface area contributed by atoms with E-state index in [2.05, 4.69) is 19.2 Å². The molecule has 1 unspecified atom stereocenters. The molecule has 0 saturated carbocycles. The third-order valence-corrected chi connectivity index (χ3v) is 2.82. The first-order valence-electron chi connectivity index (χ1n) is 6.07. The number of nitrogens with one attached hydrogen (secondary N) is 1. The maximum absolute atomic E-state index is 5.68. The van der Waals surface area contributed by atoms with E-state index in [-0.39, 0.29) is 0 Å². The van der Waals surface area contributed by atoms with Crippen molar-refractivity contribution in [2.24, 2.45) is 11.8 Å². The van der Waals surface area contributed by atoms with Gasteiger partial charge in [-0.05, 0) is 44.1 Å². The molecule has 0 aromatic heterocycles. The molecule has 0 radical (unpaired) electrons. The molecule has 1 N–H and O–H groups in total. The minimum Gasteiger partial charge on any atom is -0.381 e. The topological polar surface area (TPSA) is 21.3 Å². The molecule has 84 valence electrons. The van der Waals surface area contributed by atoms with Gasteiger partial charge < -0.3 is 10.1 Å². The molecular formula is C12H25NO. The number of hydrogen-bond acceptors (Lipinski definition) is 2. The first kappa shape index (κ1) is 12.0. The van der Waals surface area contributed by atoms with Crippen molar-refractivity contribution >= 4 is 0 Å². The highest BCUT2D eigenvalue weighted by Gasteiger charge is 2.12. The Labute approximate surface area is 88.4 Å². The first-order valence-corrected chi connectivity index (χ1v) is 6.07. The quantitative estimate of drug-likeness (QED) is 0.663. The number of rotatable bonds is 6. The molecule has 14 heavy (non-hydrogen) atoms. The van der Waals surface area contributed by atoms with Crippen molar-refractivity contribution in [2.75, 3.05) is 26.3 Å². The number of piperidine rings is 1. The monoisotopic (exact) mass is 199 g/mol. The Kier molecular flexibility index (Phi) is 6.20. The van der Waals surface area contributed by atoms with E-state index in [1.54, 1.807) is 0 Å². The van der Waals surface area contributed by atoms with Crippen molar-refractivity contribution in [1.29, 1.82) is 0 Å². The summed E-state index contributed by atoms with van der Waals surface area (Å²) in [5.74, 6) is 1.58. The molecule has 0 aromatic carbocycles. The van der Waals surface area contributed by atoms with Crippen LogP contribution in [-0.2, 0) is 4.74 Å². The van der Waals surface area contributed by atoms with Gasteiger partial charge in [0.1, 0.15) is 0 Å². The lowest BCUT2D eigenvalue weighted by Gasteiger charge is -2.22. The van der Waals surface area contributed by atoms with E-state index < -0.39 is 0 Å². The van der Waals surface area contributed by atoms with E-state index in [4.69, 9.17) is 4.74 Å². The second-order valence-corrected chi connectivity index (χ2v) is 4.82. The Balaban J connectivity index is 1.87. The summed E-state index contributed by atoms with van der Waals surface area (Å²) in [5, 5.41) is 3.41. The molecule has 1 saturated heterocycles. The average Bonchev–Trinajstić information content (AvgIpc) is 2.18. The van der Waals surface area contributed by atoms with Crippen LogP contribution in [0.25, 0.3) is 0 Å². The van der Waals surface area contributed by atoms with Gasteiger partial charge in [0.15, 0.2) is 0 Å². The predicted molar refractivity (Wildman–Crippen MR) is 60.5 cm³/mol. The largest absolute Gasteiger partial charge is 0.381 e. The van der Waals surface area contributed by atoms with Crippen molar-refractivity contribution in [2.45, 2.75) is 39.5 Å². The van der Waals surface area contributed by atoms with Crippen molar-refractivity contribution in [1.82, 2.24) is 5.32 Å². The fourth-order valence-corrected chi connectivity index (χ4v) is 1.91. The molecule has 1 rings (SSSR count). The molecule has 0 bridgehead atoms. The highest BCUT2D eigenvalue weighted by atomic mass is 16.5. The van der Waals surface area contributed by atoms with Gasteiger partial charge in [0.2, 0.25) is 0 Å². The third-order valence-electron chi connectivity index (χ3n) is 2.82. The van der Waals surface area contributed by atoms with Crippen LogP contribution in [0.15, 0.2) is 0 Å². The molecule has 0 aromatic rings. The Hall–Kier alpha value is -0.0800. The normalized spacial score (nSPS) is 22.9. The summed E-state index contributed by atoms with van der Waals surface area (Å²) in [6, 6.07) is 0. The summed E-state index contributed by atoms with van der Waals surface area (Å²) in [5.41, 5.74) is 0. The fraction of sp³-hybridized carbons (Fsp3) is 1.00. The lowest BCUT2D eigenvalue weighted by molar-refractivity contribution is 0.0856. The zero-order valence-corrected chi connectivity index (χ0v) is 9.72. The van der Waals surface area contributed by atoms with Crippen LogP contribution in [0.2, 0.25) is 0 Å². The maximum Gasteiger partial charge on any atom is 0.0506 e. The van der Waals surface area contributed by atoms with Crippen molar-refractivity contribution in [3.63, 3.8) is 0 Å². The van der Waals surface area contributed by atoms with Gasteiger partial charge in [-0.25, -0.2) is 0 Å². The van der Waals surface area contributed by atoms with Gasteiger partial charge in [-0.15, -0.1) is 0 Å². The van der Waals surface area contributed by atoms with Crippen LogP contribution >= 0.6 is 0 Å². The molecule has 1 aliphatic rings.